The van der Waals surface area contributed by atoms with E-state index in [0.29, 0.717) is 13.0 Å². The number of amides is 1. The van der Waals surface area contributed by atoms with E-state index in [-0.39, 0.29) is 71.3 Å². The summed E-state index contributed by atoms with van der Waals surface area (Å²) in [5, 5.41) is 3.49. The molecule has 4 heteroatoms. The first-order valence-corrected chi connectivity index (χ1v) is 2.30. The number of hydrogen-bond acceptors (Lipinski definition) is 1. The van der Waals surface area contributed by atoms with E-state index in [2.05, 4.69) is 12.2 Å². The maximum Gasteiger partial charge on any atom is 0.0491 e. The van der Waals surface area contributed by atoms with E-state index in [1.165, 1.54) is 0 Å². The molecule has 0 N–H and O–H groups in total. The average molecular weight is 277 g/mol. The third-order valence-corrected chi connectivity index (χ3v) is 0.591. The Kier molecular flexibility index (Phi) is 23.3. The topological polar surface area (TPSA) is 31.2 Å². The maximum atomic E-state index is 10.2. The van der Waals surface area contributed by atoms with Crippen LogP contribution in [0.3, 0.4) is 0 Å². The molecule has 0 heterocycles. The van der Waals surface area contributed by atoms with Crippen LogP contribution >= 0.6 is 0 Å². The molecule has 2 nitrogen and oxygen atoms in total. The summed E-state index contributed by atoms with van der Waals surface area (Å²) in [6.07, 6.45) is 0.496. The van der Waals surface area contributed by atoms with Crippen molar-refractivity contribution < 1.29 is 70.2 Å². The Balaban J connectivity index is -0.000000180. The number of carbonyl (C=O) groups is 1. The molecule has 48 valence electrons. The van der Waals surface area contributed by atoms with Gasteiger partial charge in [0.25, 0.3) is 0 Å². The fourth-order valence-electron chi connectivity index (χ4n) is 0.237. The van der Waals surface area contributed by atoms with Crippen LogP contribution in [0, 0.1) is 6.92 Å². The summed E-state index contributed by atoms with van der Waals surface area (Å²) in [4.78, 5) is 10.2. The van der Waals surface area contributed by atoms with Crippen molar-refractivity contribution in [3.63, 3.8) is 0 Å². The van der Waals surface area contributed by atoms with E-state index in [1.807, 2.05) is 0 Å². The van der Waals surface area contributed by atoms with Crippen LogP contribution in [-0.2, 0) is 70.2 Å². The largest absolute Gasteiger partial charge is 0.678 e. The van der Waals surface area contributed by atoms with Crippen LogP contribution in [-0.4, -0.2) is 12.5 Å². The summed E-state index contributed by atoms with van der Waals surface area (Å²) in [6.45, 7) is 5.53. The third kappa shape index (κ3) is 12.8. The Bertz CT molecular complexity index is 68.0. The molecule has 1 amide bonds. The van der Waals surface area contributed by atoms with Gasteiger partial charge in [0, 0.05) is 71.3 Å². The summed E-state index contributed by atoms with van der Waals surface area (Å²) in [5.41, 5.74) is 0. The molecule has 0 spiro atoms. The summed E-state index contributed by atoms with van der Waals surface area (Å²) < 4.78 is 0. The van der Waals surface area contributed by atoms with Crippen LogP contribution < -0.4 is 0 Å². The Hall–Kier alpha value is 1.68. The molecule has 0 atom stereocenters. The molecule has 9 heavy (non-hydrogen) atoms. The monoisotopic (exact) mass is 277 g/mol. The SMILES string of the molecule is [CH2-]C[N-]C(=O)CC.[Y].[Y]. The molecule has 0 aliphatic heterocycles. The van der Waals surface area contributed by atoms with Crippen molar-refractivity contribution in [3.05, 3.63) is 12.2 Å². The Labute approximate surface area is 107 Å². The standard InChI is InChI=1S/C5H10NO.2Y/c1-3-5(7)6-4-2;;/h2-4H2,1H3,(H,6,7);;/q-1;;/p-1. The van der Waals surface area contributed by atoms with Crippen LogP contribution in [0.4, 0.5) is 0 Å². The molecule has 0 saturated carbocycles. The second kappa shape index (κ2) is 12.4. The summed E-state index contributed by atoms with van der Waals surface area (Å²) in [6, 6.07) is 0. The van der Waals surface area contributed by atoms with Crippen LogP contribution in [0.15, 0.2) is 0 Å². The zero-order valence-electron chi connectivity index (χ0n) is 5.63. The van der Waals surface area contributed by atoms with Gasteiger partial charge in [-0.1, -0.05) is 6.92 Å². The normalized spacial score (nSPS) is 6.44. The van der Waals surface area contributed by atoms with Crippen molar-refractivity contribution in [1.29, 1.82) is 0 Å². The molecular weight excluding hydrogens is 268 g/mol. The van der Waals surface area contributed by atoms with Gasteiger partial charge in [-0.15, -0.1) is 0 Å². The number of carbonyl (C=O) groups excluding carboxylic acids is 1. The van der Waals surface area contributed by atoms with Gasteiger partial charge in [-0.3, -0.25) is 6.54 Å². The molecule has 0 saturated heterocycles. The zero-order valence-corrected chi connectivity index (χ0v) is 11.3. The predicted octanol–water partition coefficient (Wildman–Crippen LogP) is 1.13. The van der Waals surface area contributed by atoms with E-state index in [0.717, 1.165) is 0 Å². The van der Waals surface area contributed by atoms with E-state index >= 15 is 0 Å². The fourth-order valence-corrected chi connectivity index (χ4v) is 0.237. The number of rotatable bonds is 2. The van der Waals surface area contributed by atoms with Crippen LogP contribution in [0.5, 0.6) is 0 Å². The molecule has 0 aliphatic carbocycles. The van der Waals surface area contributed by atoms with Crippen LogP contribution in [0.1, 0.15) is 13.3 Å². The molecule has 0 aromatic carbocycles. The van der Waals surface area contributed by atoms with Gasteiger partial charge < -0.3 is 17.0 Å². The first-order valence-electron chi connectivity index (χ1n) is 2.30. The van der Waals surface area contributed by atoms with E-state index in [4.69, 9.17) is 0 Å². The molecule has 0 bridgehead atoms. The third-order valence-electron chi connectivity index (χ3n) is 0.591. The molecule has 2 radical (unpaired) electrons. The van der Waals surface area contributed by atoms with Crippen molar-refractivity contribution in [2.45, 2.75) is 13.3 Å². The molecule has 0 rings (SSSR count). The van der Waals surface area contributed by atoms with Crippen molar-refractivity contribution in [1.82, 2.24) is 0 Å². The molecule has 0 fully saturated rings. The zero-order chi connectivity index (χ0) is 5.70. The van der Waals surface area contributed by atoms with Crippen molar-refractivity contribution in [3.8, 4) is 0 Å². The average Bonchev–Trinajstić information content (AvgIpc) is 1.68. The minimum atomic E-state index is -0.0602. The van der Waals surface area contributed by atoms with Gasteiger partial charge in [-0.2, -0.15) is 0 Å². The van der Waals surface area contributed by atoms with Gasteiger partial charge >= 0.3 is 0 Å². The van der Waals surface area contributed by atoms with Gasteiger partial charge in [0.2, 0.25) is 0 Å². The summed E-state index contributed by atoms with van der Waals surface area (Å²) in [5.74, 6) is -0.0602. The minimum absolute atomic E-state index is 0. The second-order valence-corrected chi connectivity index (χ2v) is 1.13. The van der Waals surface area contributed by atoms with Crippen LogP contribution in [0.2, 0.25) is 0 Å². The molecule has 0 unspecified atom stereocenters. The number of hydrogen-bond donors (Lipinski definition) is 0. The number of nitrogens with zero attached hydrogens (tertiary/aromatic N) is 1. The summed E-state index contributed by atoms with van der Waals surface area (Å²) >= 11 is 0. The Morgan fingerprint density at radius 1 is 1.56 bits per heavy atom. The molecule has 0 aromatic heterocycles. The van der Waals surface area contributed by atoms with Crippen molar-refractivity contribution in [2.24, 2.45) is 0 Å². The minimum Gasteiger partial charge on any atom is -0.678 e. The van der Waals surface area contributed by atoms with Gasteiger partial charge in [-0.05, 0) is 6.42 Å². The Morgan fingerprint density at radius 3 is 2.11 bits per heavy atom. The molecule has 0 aromatic rings. The summed E-state index contributed by atoms with van der Waals surface area (Å²) in [7, 11) is 0. The fraction of sp³-hybridized carbons (Fsp3) is 0.600. The first kappa shape index (κ1) is 17.0. The molecule has 0 aliphatic rings. The van der Waals surface area contributed by atoms with E-state index < -0.39 is 0 Å². The van der Waals surface area contributed by atoms with Crippen LogP contribution in [0.25, 0.3) is 5.32 Å². The van der Waals surface area contributed by atoms with Gasteiger partial charge in [0.15, 0.2) is 0 Å². The van der Waals surface area contributed by atoms with Crippen molar-refractivity contribution in [2.75, 3.05) is 6.54 Å². The van der Waals surface area contributed by atoms with Crippen molar-refractivity contribution >= 4 is 5.91 Å². The van der Waals surface area contributed by atoms with E-state index in [1.54, 1.807) is 6.92 Å². The maximum absolute atomic E-state index is 10.2. The second-order valence-electron chi connectivity index (χ2n) is 1.13. The molecular formula is C5H9NOY2-2. The van der Waals surface area contributed by atoms with Gasteiger partial charge in [0.1, 0.15) is 0 Å². The van der Waals surface area contributed by atoms with Gasteiger partial charge in [-0.25, -0.2) is 0 Å². The Morgan fingerprint density at radius 2 is 2.00 bits per heavy atom. The quantitative estimate of drug-likeness (QED) is 0.696. The predicted molar refractivity (Wildman–Crippen MR) is 28.9 cm³/mol. The van der Waals surface area contributed by atoms with E-state index in [9.17, 15) is 4.79 Å². The first-order chi connectivity index (χ1) is 3.31. The van der Waals surface area contributed by atoms with Gasteiger partial charge in [0.05, 0.1) is 0 Å². The smallest absolute Gasteiger partial charge is 0.0491 e.